The fourth-order valence-corrected chi connectivity index (χ4v) is 2.76. The van der Waals surface area contributed by atoms with Gasteiger partial charge < -0.3 is 10.4 Å². The number of hydrogen-bond acceptors (Lipinski definition) is 3. The van der Waals surface area contributed by atoms with E-state index >= 15 is 0 Å². The van der Waals surface area contributed by atoms with Crippen molar-refractivity contribution in [3.8, 4) is 0 Å². The van der Waals surface area contributed by atoms with E-state index in [0.29, 0.717) is 5.82 Å². The maximum absolute atomic E-state index is 10.9. The van der Waals surface area contributed by atoms with Crippen molar-refractivity contribution < 1.29 is 9.90 Å². The summed E-state index contributed by atoms with van der Waals surface area (Å²) in [6.45, 7) is 0. The lowest BCUT2D eigenvalue weighted by Crippen LogP contribution is -2.00. The van der Waals surface area contributed by atoms with Crippen LogP contribution in [0.25, 0.3) is 0 Å². The second-order valence-corrected chi connectivity index (χ2v) is 5.58. The Bertz CT molecular complexity index is 604. The molecule has 2 aromatic rings. The Labute approximate surface area is 126 Å². The quantitative estimate of drug-likeness (QED) is 0.742. The van der Waals surface area contributed by atoms with Crippen molar-refractivity contribution in [2.24, 2.45) is 0 Å². The second-order valence-electron chi connectivity index (χ2n) is 3.48. The monoisotopic (exact) mass is 418 g/mol. The highest BCUT2D eigenvalue weighted by Gasteiger charge is 2.06. The molecule has 0 aliphatic rings. The van der Waals surface area contributed by atoms with E-state index in [4.69, 9.17) is 5.11 Å². The highest BCUT2D eigenvalue weighted by atomic mass is 127. The van der Waals surface area contributed by atoms with E-state index in [2.05, 4.69) is 48.8 Å². The van der Waals surface area contributed by atoms with Crippen LogP contribution < -0.4 is 5.32 Å². The first-order valence-corrected chi connectivity index (χ1v) is 6.85. The van der Waals surface area contributed by atoms with Crippen molar-refractivity contribution in [3.63, 3.8) is 0 Å². The highest BCUT2D eigenvalue weighted by molar-refractivity contribution is 14.1. The summed E-state index contributed by atoms with van der Waals surface area (Å²) in [7, 11) is 0. The molecular weight excluding hydrogens is 411 g/mol. The molecule has 1 aromatic heterocycles. The van der Waals surface area contributed by atoms with Gasteiger partial charge in [-0.25, -0.2) is 9.78 Å². The minimum absolute atomic E-state index is 0.203. The summed E-state index contributed by atoms with van der Waals surface area (Å²) in [6.07, 6.45) is 1.46. The number of aromatic carboxylic acids is 1. The molecule has 0 atom stereocenters. The summed E-state index contributed by atoms with van der Waals surface area (Å²) in [5.41, 5.74) is 1.04. The number of anilines is 2. The fraction of sp³-hybridized carbons (Fsp3) is 0. The highest BCUT2D eigenvalue weighted by Crippen LogP contribution is 2.27. The molecule has 2 N–H and O–H groups in total. The Morgan fingerprint density at radius 1 is 1.33 bits per heavy atom. The van der Waals surface area contributed by atoms with Gasteiger partial charge in [-0.05, 0) is 68.9 Å². The largest absolute Gasteiger partial charge is 0.478 e. The van der Waals surface area contributed by atoms with Crippen LogP contribution in [0.2, 0.25) is 0 Å². The van der Waals surface area contributed by atoms with Crippen molar-refractivity contribution in [1.29, 1.82) is 0 Å². The van der Waals surface area contributed by atoms with Crippen LogP contribution in [-0.4, -0.2) is 16.1 Å². The number of carbonyl (C=O) groups is 1. The first-order chi connectivity index (χ1) is 8.56. The molecule has 0 spiro atoms. The summed E-state index contributed by atoms with van der Waals surface area (Å²) in [6, 6.07) is 8.77. The number of carboxylic acids is 1. The van der Waals surface area contributed by atoms with Gasteiger partial charge in [-0.3, -0.25) is 0 Å². The topological polar surface area (TPSA) is 62.2 Å². The zero-order valence-electron chi connectivity index (χ0n) is 9.02. The Balaban J connectivity index is 2.28. The molecule has 2 rings (SSSR count). The van der Waals surface area contributed by atoms with Gasteiger partial charge in [0.25, 0.3) is 0 Å². The van der Waals surface area contributed by atoms with Crippen LogP contribution in [0.4, 0.5) is 11.5 Å². The zero-order valence-corrected chi connectivity index (χ0v) is 12.8. The van der Waals surface area contributed by atoms with Crippen LogP contribution in [0.3, 0.4) is 0 Å². The first kappa shape index (κ1) is 13.3. The average molecular weight is 419 g/mol. The van der Waals surface area contributed by atoms with E-state index in [1.165, 1.54) is 18.3 Å². The lowest BCUT2D eigenvalue weighted by atomic mass is 10.2. The molecule has 1 heterocycles. The van der Waals surface area contributed by atoms with Crippen molar-refractivity contribution >= 4 is 56.0 Å². The van der Waals surface area contributed by atoms with Crippen molar-refractivity contribution in [1.82, 2.24) is 4.98 Å². The van der Waals surface area contributed by atoms with Crippen LogP contribution in [0.1, 0.15) is 10.4 Å². The lowest BCUT2D eigenvalue weighted by molar-refractivity contribution is 0.0697. The number of rotatable bonds is 3. The van der Waals surface area contributed by atoms with Crippen LogP contribution in [0.5, 0.6) is 0 Å². The van der Waals surface area contributed by atoms with Crippen LogP contribution >= 0.6 is 38.5 Å². The van der Waals surface area contributed by atoms with Crippen molar-refractivity contribution in [3.05, 3.63) is 50.1 Å². The number of nitrogens with zero attached hydrogens (tertiary/aromatic N) is 1. The number of hydrogen-bond donors (Lipinski definition) is 2. The molecule has 1 aromatic carbocycles. The molecule has 92 valence electrons. The predicted molar refractivity (Wildman–Crippen MR) is 81.3 cm³/mol. The molecule has 4 nitrogen and oxygen atoms in total. The van der Waals surface area contributed by atoms with Crippen molar-refractivity contribution in [2.75, 3.05) is 5.32 Å². The number of nitrogens with one attached hydrogen (secondary N) is 1. The molecule has 0 amide bonds. The Kier molecular flexibility index (Phi) is 4.18. The van der Waals surface area contributed by atoms with Crippen molar-refractivity contribution in [2.45, 2.75) is 0 Å². The molecule has 0 saturated heterocycles. The van der Waals surface area contributed by atoms with Gasteiger partial charge in [0, 0.05) is 14.2 Å². The smallest absolute Gasteiger partial charge is 0.335 e. The third-order valence-electron chi connectivity index (χ3n) is 2.20. The Morgan fingerprint density at radius 2 is 2.11 bits per heavy atom. The molecule has 0 saturated carbocycles. The van der Waals surface area contributed by atoms with Gasteiger partial charge in [0.1, 0.15) is 5.82 Å². The minimum Gasteiger partial charge on any atom is -0.478 e. The van der Waals surface area contributed by atoms with Crippen LogP contribution in [0, 0.1) is 3.57 Å². The Morgan fingerprint density at radius 3 is 2.78 bits per heavy atom. The molecule has 0 bridgehead atoms. The number of halogens is 2. The number of pyridine rings is 1. The third kappa shape index (κ3) is 3.20. The molecule has 0 unspecified atom stereocenters. The number of carboxylic acid groups (broad SMARTS) is 1. The van der Waals surface area contributed by atoms with E-state index in [1.54, 1.807) is 0 Å². The number of aromatic nitrogens is 1. The predicted octanol–water partition coefficient (Wildman–Crippen LogP) is 3.89. The molecule has 0 aliphatic carbocycles. The van der Waals surface area contributed by atoms with E-state index in [0.717, 1.165) is 13.7 Å². The third-order valence-corrected chi connectivity index (χ3v) is 3.53. The summed E-state index contributed by atoms with van der Waals surface area (Å²) in [5.74, 6) is -0.473. The summed E-state index contributed by atoms with van der Waals surface area (Å²) < 4.78 is 2.01. The van der Waals surface area contributed by atoms with E-state index in [9.17, 15) is 4.79 Å². The first-order valence-electron chi connectivity index (χ1n) is 4.97. The van der Waals surface area contributed by atoms with Crippen LogP contribution in [-0.2, 0) is 0 Å². The van der Waals surface area contributed by atoms with Gasteiger partial charge in [0.2, 0.25) is 0 Å². The van der Waals surface area contributed by atoms with Crippen LogP contribution in [0.15, 0.2) is 41.0 Å². The zero-order chi connectivity index (χ0) is 13.1. The van der Waals surface area contributed by atoms with E-state index in [1.807, 2.05) is 18.2 Å². The van der Waals surface area contributed by atoms with E-state index in [-0.39, 0.29) is 5.56 Å². The van der Waals surface area contributed by atoms with Gasteiger partial charge in [-0.2, -0.15) is 0 Å². The number of benzene rings is 1. The summed E-state index contributed by atoms with van der Waals surface area (Å²) in [5, 5.41) is 12.0. The SMILES string of the molecule is O=C(O)c1ccnc(Nc2ccc(I)cc2Br)c1. The van der Waals surface area contributed by atoms with Gasteiger partial charge in [0.15, 0.2) is 0 Å². The standard InChI is InChI=1S/C12H8BrIN2O2/c13-9-6-8(14)1-2-10(9)16-11-5-7(12(17)18)3-4-15-11/h1-6H,(H,15,16)(H,17,18). The lowest BCUT2D eigenvalue weighted by Gasteiger charge is -2.08. The van der Waals surface area contributed by atoms with Gasteiger partial charge in [-0.15, -0.1) is 0 Å². The molecular formula is C12H8BrIN2O2. The molecule has 18 heavy (non-hydrogen) atoms. The second kappa shape index (κ2) is 5.66. The van der Waals surface area contributed by atoms with Gasteiger partial charge in [0.05, 0.1) is 11.3 Å². The molecule has 0 fully saturated rings. The maximum Gasteiger partial charge on any atom is 0.335 e. The summed E-state index contributed by atoms with van der Waals surface area (Å²) in [4.78, 5) is 14.9. The van der Waals surface area contributed by atoms with E-state index < -0.39 is 5.97 Å². The molecule has 0 radical (unpaired) electrons. The fourth-order valence-electron chi connectivity index (χ4n) is 1.36. The molecule has 6 heteroatoms. The molecule has 0 aliphatic heterocycles. The summed E-state index contributed by atoms with van der Waals surface area (Å²) >= 11 is 5.66. The maximum atomic E-state index is 10.9. The average Bonchev–Trinajstić information content (AvgIpc) is 2.33. The van der Waals surface area contributed by atoms with Gasteiger partial charge >= 0.3 is 5.97 Å². The Hall–Kier alpha value is -1.15. The minimum atomic E-state index is -0.970. The normalized spacial score (nSPS) is 10.1. The van der Waals surface area contributed by atoms with Gasteiger partial charge in [-0.1, -0.05) is 0 Å².